The summed E-state index contributed by atoms with van der Waals surface area (Å²) in [5, 5.41) is 3.62. The second-order valence-corrected chi connectivity index (χ2v) is 6.36. The molecule has 1 fully saturated rings. The van der Waals surface area contributed by atoms with E-state index in [2.05, 4.69) is 51.3 Å². The van der Waals surface area contributed by atoms with E-state index in [1.165, 1.54) is 43.7 Å². The molecule has 2 heterocycles. The molecule has 128 valence electrons. The van der Waals surface area contributed by atoms with Gasteiger partial charge in [0.25, 0.3) is 0 Å². The van der Waals surface area contributed by atoms with Crippen molar-refractivity contribution in [1.29, 1.82) is 0 Å². The predicted octanol–water partition coefficient (Wildman–Crippen LogP) is 2.97. The minimum Gasteiger partial charge on any atom is -0.356 e. The van der Waals surface area contributed by atoms with Gasteiger partial charge in [-0.15, -0.1) is 24.0 Å². The third-order valence-corrected chi connectivity index (χ3v) is 4.95. The number of nitrogens with zero attached hydrogens (tertiary/aromatic N) is 3. The smallest absolute Gasteiger partial charge is 0.198 e. The molecule has 0 aliphatic carbocycles. The van der Waals surface area contributed by atoms with Gasteiger partial charge in [0.2, 0.25) is 0 Å². The minimum atomic E-state index is 0. The van der Waals surface area contributed by atoms with Crippen molar-refractivity contribution in [2.24, 2.45) is 10.9 Å². The summed E-state index contributed by atoms with van der Waals surface area (Å²) in [7, 11) is 1.89. The highest BCUT2D eigenvalue weighted by Gasteiger charge is 2.24. The lowest BCUT2D eigenvalue weighted by Crippen LogP contribution is -2.45. The number of benzene rings is 1. The molecule has 1 atom stereocenters. The lowest BCUT2D eigenvalue weighted by molar-refractivity contribution is 0.183. The summed E-state index contributed by atoms with van der Waals surface area (Å²) in [4.78, 5) is 9.40. The summed E-state index contributed by atoms with van der Waals surface area (Å²) < 4.78 is 0. The van der Waals surface area contributed by atoms with E-state index in [0.717, 1.165) is 31.4 Å². The topological polar surface area (TPSA) is 30.9 Å². The molecule has 0 saturated carbocycles. The number of likely N-dealkylation sites (tertiary alicyclic amines) is 1. The fourth-order valence-electron chi connectivity index (χ4n) is 3.69. The van der Waals surface area contributed by atoms with Gasteiger partial charge in [-0.25, -0.2) is 0 Å². The number of rotatable bonds is 3. The van der Waals surface area contributed by atoms with Gasteiger partial charge in [-0.1, -0.05) is 25.1 Å². The molecule has 23 heavy (non-hydrogen) atoms. The standard InChI is InChI=1S/C18H28N4.HI/c1-3-21-11-6-7-15(14-21)13-20-18(19-2)22-12-10-16-8-4-5-9-17(16)22;/h4-5,8-9,15H,3,6-7,10-14H2,1-2H3,(H,19,20);1H. The fourth-order valence-corrected chi connectivity index (χ4v) is 3.69. The number of halogens is 1. The number of piperidine rings is 1. The van der Waals surface area contributed by atoms with E-state index >= 15 is 0 Å². The van der Waals surface area contributed by atoms with Crippen LogP contribution in [0.25, 0.3) is 0 Å². The van der Waals surface area contributed by atoms with E-state index in [4.69, 9.17) is 0 Å². The van der Waals surface area contributed by atoms with Gasteiger partial charge in [0.05, 0.1) is 0 Å². The van der Waals surface area contributed by atoms with Crippen LogP contribution in [-0.2, 0) is 6.42 Å². The van der Waals surface area contributed by atoms with E-state index in [0.29, 0.717) is 0 Å². The van der Waals surface area contributed by atoms with Crippen LogP contribution in [0, 0.1) is 5.92 Å². The number of nitrogens with one attached hydrogen (secondary N) is 1. The second kappa shape index (κ2) is 8.87. The summed E-state index contributed by atoms with van der Waals surface area (Å²) in [6.45, 7) is 7.98. The molecule has 0 aromatic heterocycles. The Morgan fingerprint density at radius 1 is 1.30 bits per heavy atom. The van der Waals surface area contributed by atoms with Crippen LogP contribution in [0.4, 0.5) is 5.69 Å². The van der Waals surface area contributed by atoms with Crippen LogP contribution in [0.15, 0.2) is 29.3 Å². The normalized spacial score (nSPS) is 21.7. The molecule has 1 N–H and O–H groups in total. The molecule has 1 aromatic rings. The first-order valence-electron chi connectivity index (χ1n) is 8.60. The number of aliphatic imine (C=N–C) groups is 1. The van der Waals surface area contributed by atoms with Gasteiger partial charge in [0.15, 0.2) is 5.96 Å². The summed E-state index contributed by atoms with van der Waals surface area (Å²) in [5.41, 5.74) is 2.75. The third-order valence-electron chi connectivity index (χ3n) is 4.95. The molecule has 4 nitrogen and oxygen atoms in total. The molecule has 5 heteroatoms. The first-order chi connectivity index (χ1) is 10.8. The Morgan fingerprint density at radius 2 is 2.13 bits per heavy atom. The largest absolute Gasteiger partial charge is 0.356 e. The van der Waals surface area contributed by atoms with E-state index in [1.54, 1.807) is 0 Å². The molecule has 2 aliphatic rings. The number of hydrogen-bond donors (Lipinski definition) is 1. The Morgan fingerprint density at radius 3 is 2.91 bits per heavy atom. The quantitative estimate of drug-likeness (QED) is 0.456. The van der Waals surface area contributed by atoms with Crippen LogP contribution in [-0.4, -0.2) is 50.6 Å². The van der Waals surface area contributed by atoms with Crippen LogP contribution in [0.1, 0.15) is 25.3 Å². The van der Waals surface area contributed by atoms with Crippen molar-refractivity contribution in [1.82, 2.24) is 10.2 Å². The minimum absolute atomic E-state index is 0. The zero-order valence-corrected chi connectivity index (χ0v) is 16.6. The van der Waals surface area contributed by atoms with Gasteiger partial charge in [-0.3, -0.25) is 4.99 Å². The van der Waals surface area contributed by atoms with Crippen molar-refractivity contribution in [3.05, 3.63) is 29.8 Å². The molecule has 1 aromatic carbocycles. The Hall–Kier alpha value is -0.820. The van der Waals surface area contributed by atoms with Gasteiger partial charge in [-0.05, 0) is 49.9 Å². The summed E-state index contributed by atoms with van der Waals surface area (Å²) in [6, 6.07) is 8.67. The molecule has 0 amide bonds. The number of hydrogen-bond acceptors (Lipinski definition) is 2. The zero-order valence-electron chi connectivity index (χ0n) is 14.3. The average molecular weight is 428 g/mol. The van der Waals surface area contributed by atoms with Crippen molar-refractivity contribution in [2.45, 2.75) is 26.2 Å². The van der Waals surface area contributed by atoms with Gasteiger partial charge >= 0.3 is 0 Å². The molecule has 1 saturated heterocycles. The Labute approximate surface area is 157 Å². The Kier molecular flexibility index (Phi) is 7.14. The van der Waals surface area contributed by atoms with Crippen LogP contribution in [0.3, 0.4) is 0 Å². The molecule has 2 aliphatic heterocycles. The molecule has 0 spiro atoms. The zero-order chi connectivity index (χ0) is 15.4. The fraction of sp³-hybridized carbons (Fsp3) is 0.611. The van der Waals surface area contributed by atoms with Gasteiger partial charge in [-0.2, -0.15) is 0 Å². The SMILES string of the molecule is CCN1CCCC(CNC(=NC)N2CCc3ccccc32)C1.I. The van der Waals surface area contributed by atoms with Crippen molar-refractivity contribution >= 4 is 35.6 Å². The lowest BCUT2D eigenvalue weighted by atomic mass is 9.98. The van der Waals surface area contributed by atoms with E-state index in [9.17, 15) is 0 Å². The summed E-state index contributed by atoms with van der Waals surface area (Å²) in [6.07, 6.45) is 3.77. The monoisotopic (exact) mass is 428 g/mol. The molecular weight excluding hydrogens is 399 g/mol. The van der Waals surface area contributed by atoms with E-state index in [-0.39, 0.29) is 24.0 Å². The first kappa shape index (κ1) is 18.5. The Balaban J connectivity index is 0.00000192. The van der Waals surface area contributed by atoms with Crippen molar-refractivity contribution in [3.63, 3.8) is 0 Å². The molecular formula is C18H29IN4. The van der Waals surface area contributed by atoms with Crippen LogP contribution >= 0.6 is 24.0 Å². The van der Waals surface area contributed by atoms with Crippen molar-refractivity contribution in [2.75, 3.05) is 44.7 Å². The number of guanidine groups is 1. The van der Waals surface area contributed by atoms with Crippen LogP contribution < -0.4 is 10.2 Å². The van der Waals surface area contributed by atoms with Crippen molar-refractivity contribution in [3.8, 4) is 0 Å². The summed E-state index contributed by atoms with van der Waals surface area (Å²) in [5.74, 6) is 1.77. The lowest BCUT2D eigenvalue weighted by Gasteiger charge is -2.33. The summed E-state index contributed by atoms with van der Waals surface area (Å²) >= 11 is 0. The molecule has 3 rings (SSSR count). The van der Waals surface area contributed by atoms with Crippen LogP contribution in [0.5, 0.6) is 0 Å². The highest BCUT2D eigenvalue weighted by Crippen LogP contribution is 2.27. The number of para-hydroxylation sites is 1. The van der Waals surface area contributed by atoms with Gasteiger partial charge in [0, 0.05) is 32.4 Å². The average Bonchev–Trinajstić information content (AvgIpc) is 3.00. The van der Waals surface area contributed by atoms with E-state index < -0.39 is 0 Å². The number of fused-ring (bicyclic) bond motifs is 1. The predicted molar refractivity (Wildman–Crippen MR) is 109 cm³/mol. The maximum absolute atomic E-state index is 4.51. The Bertz CT molecular complexity index is 532. The number of anilines is 1. The van der Waals surface area contributed by atoms with Gasteiger partial charge in [0.1, 0.15) is 0 Å². The molecule has 1 unspecified atom stereocenters. The maximum Gasteiger partial charge on any atom is 0.198 e. The molecule has 0 radical (unpaired) electrons. The van der Waals surface area contributed by atoms with Crippen LogP contribution in [0.2, 0.25) is 0 Å². The maximum atomic E-state index is 4.51. The highest BCUT2D eigenvalue weighted by molar-refractivity contribution is 14.0. The van der Waals surface area contributed by atoms with Crippen molar-refractivity contribution < 1.29 is 0 Å². The second-order valence-electron chi connectivity index (χ2n) is 6.36. The third kappa shape index (κ3) is 4.38. The van der Waals surface area contributed by atoms with E-state index in [1.807, 2.05) is 7.05 Å². The first-order valence-corrected chi connectivity index (χ1v) is 8.60. The highest BCUT2D eigenvalue weighted by atomic mass is 127. The van der Waals surface area contributed by atoms with Gasteiger partial charge < -0.3 is 15.1 Å². The molecule has 0 bridgehead atoms.